The molecule has 5 heteroatoms. The number of nitrogens with one attached hydrogen (secondary N) is 1. The molecule has 0 saturated carbocycles. The van der Waals surface area contributed by atoms with E-state index in [0.717, 1.165) is 37.7 Å². The normalized spacial score (nSPS) is 20.2. The van der Waals surface area contributed by atoms with E-state index in [1.165, 1.54) is 0 Å². The van der Waals surface area contributed by atoms with Crippen LogP contribution in [-0.2, 0) is 4.74 Å². The molecule has 0 amide bonds. The second kappa shape index (κ2) is 6.63. The highest BCUT2D eigenvalue weighted by molar-refractivity contribution is 5.72. The molecule has 2 rings (SSSR count). The molecule has 1 aromatic carbocycles. The fourth-order valence-corrected chi connectivity index (χ4v) is 2.19. The first-order chi connectivity index (χ1) is 9.20. The molecule has 0 bridgehead atoms. The summed E-state index contributed by atoms with van der Waals surface area (Å²) >= 11 is 0. The molecule has 3 N–H and O–H groups in total. The summed E-state index contributed by atoms with van der Waals surface area (Å²) in [5.41, 5.74) is 7.64. The average Bonchev–Trinajstić information content (AvgIpc) is 2.40. The van der Waals surface area contributed by atoms with Crippen LogP contribution in [0.5, 0.6) is 5.75 Å². The van der Waals surface area contributed by atoms with Crippen molar-refractivity contribution >= 4 is 11.4 Å². The summed E-state index contributed by atoms with van der Waals surface area (Å²) in [7, 11) is 2.11. The minimum Gasteiger partial charge on any atom is -0.492 e. The van der Waals surface area contributed by atoms with Crippen molar-refractivity contribution < 1.29 is 9.47 Å². The molecule has 0 aliphatic carbocycles. The summed E-state index contributed by atoms with van der Waals surface area (Å²) < 4.78 is 11.2. The number of morpholine rings is 1. The van der Waals surface area contributed by atoms with Crippen LogP contribution in [0.4, 0.5) is 11.4 Å². The van der Waals surface area contributed by atoms with Gasteiger partial charge in [0.25, 0.3) is 0 Å². The van der Waals surface area contributed by atoms with Crippen LogP contribution in [0.3, 0.4) is 0 Å². The van der Waals surface area contributed by atoms with Crippen LogP contribution in [0.15, 0.2) is 18.2 Å². The average molecular weight is 265 g/mol. The Bertz CT molecular complexity index is 412. The van der Waals surface area contributed by atoms with E-state index in [2.05, 4.69) is 17.3 Å². The SMILES string of the molecule is CCOc1cccc(NCC2CN(C)CCO2)c1N. The number of ether oxygens (including phenoxy) is 2. The van der Waals surface area contributed by atoms with Gasteiger partial charge in [-0.25, -0.2) is 0 Å². The number of rotatable bonds is 5. The maximum Gasteiger partial charge on any atom is 0.144 e. The number of nitrogen functional groups attached to an aromatic ring is 1. The number of nitrogens with two attached hydrogens (primary N) is 1. The number of hydrogen-bond donors (Lipinski definition) is 2. The summed E-state index contributed by atoms with van der Waals surface area (Å²) in [6, 6.07) is 5.79. The van der Waals surface area contributed by atoms with E-state index in [1.54, 1.807) is 0 Å². The van der Waals surface area contributed by atoms with Gasteiger partial charge in [-0.2, -0.15) is 0 Å². The Morgan fingerprint density at radius 2 is 2.37 bits per heavy atom. The lowest BCUT2D eigenvalue weighted by Gasteiger charge is -2.30. The van der Waals surface area contributed by atoms with Crippen LogP contribution in [0.1, 0.15) is 6.92 Å². The first-order valence-electron chi connectivity index (χ1n) is 6.76. The Morgan fingerprint density at radius 1 is 1.53 bits per heavy atom. The van der Waals surface area contributed by atoms with Gasteiger partial charge in [0.15, 0.2) is 0 Å². The Kier molecular flexibility index (Phi) is 4.87. The highest BCUT2D eigenvalue weighted by Gasteiger charge is 2.17. The number of para-hydroxylation sites is 1. The van der Waals surface area contributed by atoms with Crippen molar-refractivity contribution in [2.45, 2.75) is 13.0 Å². The molecule has 1 fully saturated rings. The van der Waals surface area contributed by atoms with Gasteiger partial charge in [-0.1, -0.05) is 6.07 Å². The molecule has 106 valence electrons. The first kappa shape index (κ1) is 14.0. The zero-order valence-corrected chi connectivity index (χ0v) is 11.7. The minimum atomic E-state index is 0.203. The lowest BCUT2D eigenvalue weighted by atomic mass is 10.2. The molecule has 1 aliphatic rings. The lowest BCUT2D eigenvalue weighted by Crippen LogP contribution is -2.43. The number of nitrogens with zero attached hydrogens (tertiary/aromatic N) is 1. The number of benzene rings is 1. The third kappa shape index (κ3) is 3.75. The van der Waals surface area contributed by atoms with Crippen molar-refractivity contribution in [1.29, 1.82) is 0 Å². The fraction of sp³-hybridized carbons (Fsp3) is 0.571. The quantitative estimate of drug-likeness (QED) is 0.788. The third-order valence-corrected chi connectivity index (χ3v) is 3.23. The molecule has 0 spiro atoms. The van der Waals surface area contributed by atoms with Gasteiger partial charge in [-0.3, -0.25) is 0 Å². The highest BCUT2D eigenvalue weighted by atomic mass is 16.5. The molecule has 0 radical (unpaired) electrons. The van der Waals surface area contributed by atoms with E-state index < -0.39 is 0 Å². The van der Waals surface area contributed by atoms with Gasteiger partial charge in [0.05, 0.1) is 30.7 Å². The zero-order chi connectivity index (χ0) is 13.7. The van der Waals surface area contributed by atoms with Gasteiger partial charge in [0.1, 0.15) is 5.75 Å². The molecule has 1 unspecified atom stereocenters. The third-order valence-electron chi connectivity index (χ3n) is 3.23. The standard InChI is InChI=1S/C14H23N3O2/c1-3-18-13-6-4-5-12(14(13)15)16-9-11-10-17(2)7-8-19-11/h4-6,11,16H,3,7-10,15H2,1-2H3. The summed E-state index contributed by atoms with van der Waals surface area (Å²) in [6.45, 7) is 6.05. The summed E-state index contributed by atoms with van der Waals surface area (Å²) in [4.78, 5) is 2.27. The highest BCUT2D eigenvalue weighted by Crippen LogP contribution is 2.29. The molecular formula is C14H23N3O2. The van der Waals surface area contributed by atoms with Crippen LogP contribution >= 0.6 is 0 Å². The smallest absolute Gasteiger partial charge is 0.144 e. The van der Waals surface area contributed by atoms with Gasteiger partial charge in [-0.05, 0) is 26.1 Å². The minimum absolute atomic E-state index is 0.203. The monoisotopic (exact) mass is 265 g/mol. The van der Waals surface area contributed by atoms with E-state index in [-0.39, 0.29) is 6.10 Å². The van der Waals surface area contributed by atoms with Crippen molar-refractivity contribution in [1.82, 2.24) is 4.90 Å². The van der Waals surface area contributed by atoms with Gasteiger partial charge in [0.2, 0.25) is 0 Å². The van der Waals surface area contributed by atoms with E-state index in [1.807, 2.05) is 25.1 Å². The van der Waals surface area contributed by atoms with Crippen LogP contribution < -0.4 is 15.8 Å². The van der Waals surface area contributed by atoms with Crippen LogP contribution in [-0.4, -0.2) is 50.9 Å². The van der Waals surface area contributed by atoms with E-state index in [0.29, 0.717) is 12.3 Å². The maximum atomic E-state index is 6.07. The van der Waals surface area contributed by atoms with Crippen molar-refractivity contribution in [3.63, 3.8) is 0 Å². The molecule has 1 aliphatic heterocycles. The number of anilines is 2. The summed E-state index contributed by atoms with van der Waals surface area (Å²) in [6.07, 6.45) is 0.203. The Labute approximate surface area is 114 Å². The zero-order valence-electron chi connectivity index (χ0n) is 11.7. The van der Waals surface area contributed by atoms with Crippen molar-refractivity contribution in [3.05, 3.63) is 18.2 Å². The van der Waals surface area contributed by atoms with Gasteiger partial charge in [0, 0.05) is 19.6 Å². The van der Waals surface area contributed by atoms with E-state index in [4.69, 9.17) is 15.2 Å². The number of likely N-dealkylation sites (N-methyl/N-ethyl adjacent to an activating group) is 1. The maximum absolute atomic E-state index is 6.07. The molecule has 1 saturated heterocycles. The van der Waals surface area contributed by atoms with Crippen LogP contribution in [0.2, 0.25) is 0 Å². The predicted octanol–water partition coefficient (Wildman–Crippen LogP) is 1.41. The molecule has 1 atom stereocenters. The van der Waals surface area contributed by atoms with Crippen LogP contribution in [0.25, 0.3) is 0 Å². The van der Waals surface area contributed by atoms with E-state index >= 15 is 0 Å². The first-order valence-corrected chi connectivity index (χ1v) is 6.76. The second-order valence-corrected chi connectivity index (χ2v) is 4.79. The summed E-state index contributed by atoms with van der Waals surface area (Å²) in [5, 5.41) is 3.35. The number of hydrogen-bond acceptors (Lipinski definition) is 5. The fourth-order valence-electron chi connectivity index (χ4n) is 2.19. The molecule has 0 aromatic heterocycles. The van der Waals surface area contributed by atoms with Gasteiger partial charge >= 0.3 is 0 Å². The Hall–Kier alpha value is -1.46. The molecular weight excluding hydrogens is 242 g/mol. The largest absolute Gasteiger partial charge is 0.492 e. The van der Waals surface area contributed by atoms with E-state index in [9.17, 15) is 0 Å². The van der Waals surface area contributed by atoms with Crippen molar-refractivity contribution in [2.24, 2.45) is 0 Å². The second-order valence-electron chi connectivity index (χ2n) is 4.79. The summed E-state index contributed by atoms with van der Waals surface area (Å²) in [5.74, 6) is 0.731. The van der Waals surface area contributed by atoms with Crippen molar-refractivity contribution in [3.8, 4) is 5.75 Å². The molecule has 19 heavy (non-hydrogen) atoms. The Balaban J connectivity index is 1.93. The Morgan fingerprint density at radius 3 is 3.11 bits per heavy atom. The lowest BCUT2D eigenvalue weighted by molar-refractivity contribution is -0.0117. The molecule has 1 heterocycles. The van der Waals surface area contributed by atoms with Crippen LogP contribution in [0, 0.1) is 0 Å². The topological polar surface area (TPSA) is 59.8 Å². The predicted molar refractivity (Wildman–Crippen MR) is 77.8 cm³/mol. The van der Waals surface area contributed by atoms with Crippen molar-refractivity contribution in [2.75, 3.05) is 50.9 Å². The molecule has 5 nitrogen and oxygen atoms in total. The van der Waals surface area contributed by atoms with Gasteiger partial charge in [-0.15, -0.1) is 0 Å². The van der Waals surface area contributed by atoms with Gasteiger partial charge < -0.3 is 25.4 Å². The molecule has 1 aromatic rings.